The Morgan fingerprint density at radius 1 is 1.11 bits per heavy atom. The number of hydrogen-bond donors (Lipinski definition) is 1. The number of sulfonamides is 1. The molecule has 10 heteroatoms. The largest absolute Gasteiger partial charge is 0.417 e. The van der Waals surface area contributed by atoms with Gasteiger partial charge in [-0.2, -0.15) is 13.2 Å². The summed E-state index contributed by atoms with van der Waals surface area (Å²) in [6, 6.07) is 10.6. The molecule has 0 radical (unpaired) electrons. The number of carbonyl (C=O) groups excluding carboxylic acids is 1. The number of nitrogens with zero attached hydrogens (tertiary/aromatic N) is 1. The predicted molar refractivity (Wildman–Crippen MR) is 98.5 cm³/mol. The Labute approximate surface area is 165 Å². The van der Waals surface area contributed by atoms with Crippen LogP contribution in [0.4, 0.5) is 18.9 Å². The van der Waals surface area contributed by atoms with E-state index in [2.05, 4.69) is 4.72 Å². The van der Waals surface area contributed by atoms with Crippen molar-refractivity contribution >= 4 is 33.2 Å². The Morgan fingerprint density at radius 2 is 1.75 bits per heavy atom. The molecule has 2 aromatic carbocycles. The molecular weight excluding hydrogens is 417 g/mol. The third-order valence-corrected chi connectivity index (χ3v) is 6.12. The molecule has 28 heavy (non-hydrogen) atoms. The molecule has 1 amide bonds. The zero-order chi connectivity index (χ0) is 20.5. The number of anilines is 1. The van der Waals surface area contributed by atoms with Crippen molar-refractivity contribution in [3.05, 3.63) is 59.1 Å². The second-order valence-electron chi connectivity index (χ2n) is 6.40. The van der Waals surface area contributed by atoms with Gasteiger partial charge in [-0.1, -0.05) is 23.7 Å². The lowest BCUT2D eigenvalue weighted by molar-refractivity contribution is -0.139. The first kappa shape index (κ1) is 20.6. The molecule has 0 saturated carbocycles. The molecule has 1 aliphatic rings. The topological polar surface area (TPSA) is 66.5 Å². The Kier molecular flexibility index (Phi) is 5.69. The maximum Gasteiger partial charge on any atom is 0.417 e. The average Bonchev–Trinajstić information content (AvgIpc) is 3.01. The van der Waals surface area contributed by atoms with Gasteiger partial charge in [0.25, 0.3) is 0 Å². The summed E-state index contributed by atoms with van der Waals surface area (Å²) >= 11 is 5.83. The number of alkyl halides is 3. The lowest BCUT2D eigenvalue weighted by Gasteiger charge is -2.18. The lowest BCUT2D eigenvalue weighted by atomic mass is 10.1. The molecule has 1 aliphatic heterocycles. The van der Waals surface area contributed by atoms with Crippen molar-refractivity contribution in [1.82, 2.24) is 4.72 Å². The van der Waals surface area contributed by atoms with E-state index in [0.29, 0.717) is 10.7 Å². The van der Waals surface area contributed by atoms with Crippen LogP contribution in [0.3, 0.4) is 0 Å². The van der Waals surface area contributed by atoms with Gasteiger partial charge in [-0.3, -0.25) is 4.79 Å². The highest BCUT2D eigenvalue weighted by Crippen LogP contribution is 2.34. The second-order valence-corrected chi connectivity index (χ2v) is 8.57. The molecule has 0 unspecified atom stereocenters. The smallest absolute Gasteiger partial charge is 0.312 e. The minimum Gasteiger partial charge on any atom is -0.312 e. The van der Waals surface area contributed by atoms with E-state index in [1.165, 1.54) is 11.0 Å². The maximum absolute atomic E-state index is 13.1. The third-order valence-electron chi connectivity index (χ3n) is 4.39. The Morgan fingerprint density at radius 3 is 2.39 bits per heavy atom. The fourth-order valence-corrected chi connectivity index (χ4v) is 4.50. The molecule has 0 aliphatic carbocycles. The summed E-state index contributed by atoms with van der Waals surface area (Å²) in [4.78, 5) is 12.9. The summed E-state index contributed by atoms with van der Waals surface area (Å²) in [5.74, 6) is -0.557. The molecule has 0 aromatic heterocycles. The van der Waals surface area contributed by atoms with E-state index in [0.717, 1.165) is 18.2 Å². The Balaban J connectivity index is 1.71. The normalized spacial score (nSPS) is 17.9. The summed E-state index contributed by atoms with van der Waals surface area (Å²) in [6.45, 7) is 0.105. The first-order valence-corrected chi connectivity index (χ1v) is 10.2. The molecule has 0 bridgehead atoms. The van der Waals surface area contributed by atoms with Gasteiger partial charge in [0.05, 0.1) is 10.5 Å². The first-order chi connectivity index (χ1) is 13.1. The van der Waals surface area contributed by atoms with Crippen molar-refractivity contribution in [3.63, 3.8) is 0 Å². The molecule has 1 atom stereocenters. The molecule has 3 rings (SSSR count). The number of amides is 1. The molecule has 1 saturated heterocycles. The van der Waals surface area contributed by atoms with Crippen molar-refractivity contribution in [1.29, 1.82) is 0 Å². The van der Waals surface area contributed by atoms with Gasteiger partial charge in [0, 0.05) is 30.2 Å². The average molecular weight is 433 g/mol. The summed E-state index contributed by atoms with van der Waals surface area (Å²) in [5.41, 5.74) is -0.602. The summed E-state index contributed by atoms with van der Waals surface area (Å²) in [5, 5.41) is 0.517. The zero-order valence-corrected chi connectivity index (χ0v) is 16.0. The molecule has 1 N–H and O–H groups in total. The second kappa shape index (κ2) is 7.73. The van der Waals surface area contributed by atoms with Gasteiger partial charge in [0.2, 0.25) is 15.9 Å². The van der Waals surface area contributed by atoms with Gasteiger partial charge < -0.3 is 4.90 Å². The molecular formula is C18H16ClF3N2O3S. The number of benzene rings is 2. The number of nitrogens with one attached hydrogen (secondary N) is 1. The van der Waals surface area contributed by atoms with Crippen molar-refractivity contribution in [2.24, 2.45) is 5.92 Å². The van der Waals surface area contributed by atoms with Gasteiger partial charge in [0.1, 0.15) is 0 Å². The van der Waals surface area contributed by atoms with E-state index in [1.807, 2.05) is 0 Å². The van der Waals surface area contributed by atoms with Crippen LogP contribution in [-0.2, 0) is 21.0 Å². The van der Waals surface area contributed by atoms with Gasteiger partial charge in [0.15, 0.2) is 0 Å². The highest BCUT2D eigenvalue weighted by atomic mass is 35.5. The summed E-state index contributed by atoms with van der Waals surface area (Å²) < 4.78 is 66.3. The van der Waals surface area contributed by atoms with Gasteiger partial charge in [-0.25, -0.2) is 13.1 Å². The SMILES string of the molecule is O=C1C[C@H](CNS(=O)(=O)c2ccccc2C(F)(F)F)CN1c1ccc(Cl)cc1. The zero-order valence-electron chi connectivity index (χ0n) is 14.4. The monoisotopic (exact) mass is 432 g/mol. The number of rotatable bonds is 5. The van der Waals surface area contributed by atoms with E-state index in [4.69, 9.17) is 11.6 Å². The highest BCUT2D eigenvalue weighted by Gasteiger charge is 2.37. The van der Waals surface area contributed by atoms with Gasteiger partial charge >= 0.3 is 6.18 Å². The van der Waals surface area contributed by atoms with Crippen LogP contribution >= 0.6 is 11.6 Å². The van der Waals surface area contributed by atoms with E-state index in [-0.39, 0.29) is 31.3 Å². The maximum atomic E-state index is 13.1. The molecule has 2 aromatic rings. The fraction of sp³-hybridized carbons (Fsp3) is 0.278. The predicted octanol–water partition coefficient (Wildman–Crippen LogP) is 3.69. The van der Waals surface area contributed by atoms with Crippen molar-refractivity contribution in [3.8, 4) is 0 Å². The minimum absolute atomic E-state index is 0.0893. The molecule has 1 fully saturated rings. The Bertz CT molecular complexity index is 978. The van der Waals surface area contributed by atoms with Crippen LogP contribution in [-0.4, -0.2) is 27.4 Å². The molecule has 0 spiro atoms. The van der Waals surface area contributed by atoms with Crippen molar-refractivity contribution in [2.45, 2.75) is 17.5 Å². The van der Waals surface area contributed by atoms with E-state index < -0.39 is 26.7 Å². The van der Waals surface area contributed by atoms with Crippen molar-refractivity contribution < 1.29 is 26.4 Å². The third kappa shape index (κ3) is 4.48. The fourth-order valence-electron chi connectivity index (χ4n) is 3.03. The quantitative estimate of drug-likeness (QED) is 0.783. The van der Waals surface area contributed by atoms with Crippen LogP contribution in [0.2, 0.25) is 5.02 Å². The van der Waals surface area contributed by atoms with Crippen LogP contribution in [0.1, 0.15) is 12.0 Å². The van der Waals surface area contributed by atoms with E-state index >= 15 is 0 Å². The van der Waals surface area contributed by atoms with Gasteiger partial charge in [-0.15, -0.1) is 0 Å². The number of carbonyl (C=O) groups is 1. The summed E-state index contributed by atoms with van der Waals surface area (Å²) in [6.07, 6.45) is -4.70. The van der Waals surface area contributed by atoms with Crippen molar-refractivity contribution in [2.75, 3.05) is 18.0 Å². The lowest BCUT2D eigenvalue weighted by Crippen LogP contribution is -2.32. The molecule has 5 nitrogen and oxygen atoms in total. The van der Waals surface area contributed by atoms with E-state index in [9.17, 15) is 26.4 Å². The van der Waals surface area contributed by atoms with Crippen LogP contribution < -0.4 is 9.62 Å². The first-order valence-electron chi connectivity index (χ1n) is 8.30. The highest BCUT2D eigenvalue weighted by molar-refractivity contribution is 7.89. The van der Waals surface area contributed by atoms with Crippen LogP contribution in [0.15, 0.2) is 53.4 Å². The van der Waals surface area contributed by atoms with Crippen LogP contribution in [0.5, 0.6) is 0 Å². The Hall–Kier alpha value is -2.10. The van der Waals surface area contributed by atoms with Crippen LogP contribution in [0, 0.1) is 5.92 Å². The number of halogens is 4. The van der Waals surface area contributed by atoms with Gasteiger partial charge in [-0.05, 0) is 42.3 Å². The minimum atomic E-state index is -4.79. The molecule has 1 heterocycles. The van der Waals surface area contributed by atoms with E-state index in [1.54, 1.807) is 24.3 Å². The molecule has 150 valence electrons. The number of hydrogen-bond acceptors (Lipinski definition) is 3. The standard InChI is InChI=1S/C18H16ClF3N2O3S/c19-13-5-7-14(8-6-13)24-11-12(9-17(24)25)10-23-28(26,27)16-4-2-1-3-15(16)18(20,21)22/h1-8,12,23H,9-11H2/t12-/m1/s1. The summed E-state index contributed by atoms with van der Waals surface area (Å²) in [7, 11) is -4.38. The van der Waals surface area contributed by atoms with Crippen LogP contribution in [0.25, 0.3) is 0 Å².